The maximum atomic E-state index is 13.2. The van der Waals surface area contributed by atoms with Gasteiger partial charge >= 0.3 is 0 Å². The Balaban J connectivity index is 1.08. The molecule has 2 fully saturated rings. The molecule has 1 N–H and O–H groups in total. The highest BCUT2D eigenvalue weighted by Crippen LogP contribution is 2.29. The second-order valence-electron chi connectivity index (χ2n) is 10.4. The highest BCUT2D eigenvalue weighted by atomic mass is 35.5. The van der Waals surface area contributed by atoms with Gasteiger partial charge in [-0.2, -0.15) is 0 Å². The first-order valence-corrected chi connectivity index (χ1v) is 13.7. The van der Waals surface area contributed by atoms with Gasteiger partial charge in [-0.1, -0.05) is 29.8 Å². The molecule has 10 heteroatoms. The maximum Gasteiger partial charge on any atom is 0.262 e. The summed E-state index contributed by atoms with van der Waals surface area (Å²) in [5.41, 5.74) is 4.97. The second kappa shape index (κ2) is 10.9. The lowest BCUT2D eigenvalue weighted by Crippen LogP contribution is -2.54. The Morgan fingerprint density at radius 3 is 2.25 bits per heavy atom. The fourth-order valence-electron chi connectivity index (χ4n) is 5.67. The molecule has 40 heavy (non-hydrogen) atoms. The number of fused-ring (bicyclic) bond motifs is 1. The Labute approximate surface area is 236 Å². The lowest BCUT2D eigenvalue weighted by Gasteiger charge is -2.35. The molecule has 3 aromatic rings. The Morgan fingerprint density at radius 1 is 0.825 bits per heavy atom. The van der Waals surface area contributed by atoms with Gasteiger partial charge in [-0.25, -0.2) is 0 Å². The van der Waals surface area contributed by atoms with E-state index in [1.165, 1.54) is 5.56 Å². The number of nitrogens with one attached hydrogen (secondary N) is 1. The van der Waals surface area contributed by atoms with Crippen LogP contribution in [-0.2, 0) is 22.7 Å². The number of carbonyl (C=O) groups is 4. The third kappa shape index (κ3) is 5.15. The van der Waals surface area contributed by atoms with E-state index in [1.807, 2.05) is 42.7 Å². The van der Waals surface area contributed by atoms with Crippen LogP contribution in [-0.4, -0.2) is 75.5 Å². The van der Waals surface area contributed by atoms with Gasteiger partial charge in [0.2, 0.25) is 11.8 Å². The van der Waals surface area contributed by atoms with Crippen molar-refractivity contribution in [2.75, 3.05) is 26.2 Å². The van der Waals surface area contributed by atoms with Crippen molar-refractivity contribution >= 4 is 35.2 Å². The number of hydrogen-bond donors (Lipinski definition) is 1. The van der Waals surface area contributed by atoms with Crippen LogP contribution in [0.1, 0.15) is 44.7 Å². The Morgan fingerprint density at radius 2 is 1.52 bits per heavy atom. The molecule has 1 atom stereocenters. The first-order valence-electron chi connectivity index (χ1n) is 13.4. The molecule has 4 heterocycles. The fraction of sp³-hybridized carbons (Fsp3) is 0.300. The van der Waals surface area contributed by atoms with Gasteiger partial charge in [0.15, 0.2) is 0 Å². The first-order chi connectivity index (χ1) is 19.4. The highest BCUT2D eigenvalue weighted by Gasteiger charge is 2.44. The number of benzene rings is 2. The molecule has 1 aromatic heterocycles. The molecule has 0 saturated carbocycles. The summed E-state index contributed by atoms with van der Waals surface area (Å²) in [6.07, 6.45) is 3.97. The largest absolute Gasteiger partial charge is 0.297 e. The zero-order valence-electron chi connectivity index (χ0n) is 21.8. The van der Waals surface area contributed by atoms with Gasteiger partial charge in [0.1, 0.15) is 6.04 Å². The van der Waals surface area contributed by atoms with Gasteiger partial charge < -0.3 is 0 Å². The van der Waals surface area contributed by atoms with Crippen LogP contribution >= 0.6 is 11.6 Å². The van der Waals surface area contributed by atoms with E-state index in [0.717, 1.165) is 54.3 Å². The van der Waals surface area contributed by atoms with E-state index in [4.69, 9.17) is 11.6 Å². The molecule has 3 aliphatic rings. The summed E-state index contributed by atoms with van der Waals surface area (Å²) in [4.78, 5) is 60.0. The summed E-state index contributed by atoms with van der Waals surface area (Å²) >= 11 is 6.07. The van der Waals surface area contributed by atoms with E-state index < -0.39 is 23.8 Å². The van der Waals surface area contributed by atoms with E-state index in [9.17, 15) is 19.2 Å². The van der Waals surface area contributed by atoms with Crippen LogP contribution < -0.4 is 5.32 Å². The number of piperazine rings is 1. The van der Waals surface area contributed by atoms with Gasteiger partial charge in [0, 0.05) is 68.7 Å². The van der Waals surface area contributed by atoms with Crippen molar-refractivity contribution in [3.05, 3.63) is 88.2 Å². The minimum absolute atomic E-state index is 0.102. The fourth-order valence-corrected chi connectivity index (χ4v) is 5.80. The van der Waals surface area contributed by atoms with Crippen LogP contribution in [0.15, 0.2) is 60.9 Å². The molecule has 0 aliphatic carbocycles. The SMILES string of the molecule is O=C1CCC(N2C(=O)c3ccc(CN4CCN(Cc5ccncc5-c5ccc(Cl)cc5)CC4)cc3C2=O)C(=O)N1. The standard InChI is InChI=1S/C30H28ClN5O4/c31-22-4-2-20(3-5-22)25-16-32-10-9-21(25)18-35-13-11-34(12-14-35)17-19-1-6-23-24(15-19)30(40)36(29(23)39)26-7-8-27(37)33-28(26)38/h1-6,9-10,15-16,26H,7-8,11-14,17-18H2,(H,33,37,38). The number of halogens is 1. The second-order valence-corrected chi connectivity index (χ2v) is 10.9. The van der Waals surface area contributed by atoms with Gasteiger partial charge in [0.25, 0.3) is 11.8 Å². The third-order valence-corrected chi connectivity index (χ3v) is 8.09. The third-order valence-electron chi connectivity index (χ3n) is 7.84. The van der Waals surface area contributed by atoms with E-state index in [-0.39, 0.29) is 18.7 Å². The van der Waals surface area contributed by atoms with Crippen LogP contribution in [0.3, 0.4) is 0 Å². The van der Waals surface area contributed by atoms with Crippen LogP contribution in [0, 0.1) is 0 Å². The monoisotopic (exact) mass is 557 g/mol. The van der Waals surface area contributed by atoms with Gasteiger partial charge in [0.05, 0.1) is 11.1 Å². The Hall–Kier alpha value is -3.92. The lowest BCUT2D eigenvalue weighted by molar-refractivity contribution is -0.136. The molecule has 2 aromatic carbocycles. The lowest BCUT2D eigenvalue weighted by atomic mass is 10.0. The van der Waals surface area contributed by atoms with Crippen LogP contribution in [0.25, 0.3) is 11.1 Å². The summed E-state index contributed by atoms with van der Waals surface area (Å²) in [5, 5.41) is 2.93. The molecule has 1 unspecified atom stereocenters. The summed E-state index contributed by atoms with van der Waals surface area (Å²) in [6.45, 7) is 5.01. The predicted molar refractivity (Wildman–Crippen MR) is 148 cm³/mol. The quantitative estimate of drug-likeness (QED) is 0.465. The first kappa shape index (κ1) is 26.3. The highest BCUT2D eigenvalue weighted by molar-refractivity contribution is 6.30. The molecular formula is C30H28ClN5O4. The van der Waals surface area contributed by atoms with Crippen molar-refractivity contribution in [3.63, 3.8) is 0 Å². The molecule has 4 amide bonds. The smallest absolute Gasteiger partial charge is 0.262 e. The van der Waals surface area contributed by atoms with Gasteiger partial charge in [-0.3, -0.25) is 44.2 Å². The summed E-state index contributed by atoms with van der Waals surface area (Å²) in [7, 11) is 0. The van der Waals surface area contributed by atoms with E-state index in [1.54, 1.807) is 12.1 Å². The number of carbonyl (C=O) groups excluding carboxylic acids is 4. The number of pyridine rings is 1. The van der Waals surface area contributed by atoms with Crippen LogP contribution in [0.2, 0.25) is 5.02 Å². The Bertz CT molecular complexity index is 1500. The zero-order valence-corrected chi connectivity index (χ0v) is 22.6. The van der Waals surface area contributed by atoms with Crippen LogP contribution in [0.5, 0.6) is 0 Å². The molecule has 3 aliphatic heterocycles. The topological polar surface area (TPSA) is 103 Å². The molecule has 2 saturated heterocycles. The average molecular weight is 558 g/mol. The van der Waals surface area contributed by atoms with Gasteiger partial charge in [-0.15, -0.1) is 0 Å². The molecule has 9 nitrogen and oxygen atoms in total. The molecule has 0 radical (unpaired) electrons. The maximum absolute atomic E-state index is 13.2. The van der Waals surface area contributed by atoms with Crippen molar-refractivity contribution in [3.8, 4) is 11.1 Å². The number of piperidine rings is 1. The molecule has 204 valence electrons. The summed E-state index contributed by atoms with van der Waals surface area (Å²) in [5.74, 6) is -1.95. The number of rotatable bonds is 6. The minimum Gasteiger partial charge on any atom is -0.297 e. The van der Waals surface area contributed by atoms with Crippen molar-refractivity contribution in [2.24, 2.45) is 0 Å². The molecule has 0 bridgehead atoms. The summed E-state index contributed by atoms with van der Waals surface area (Å²) < 4.78 is 0. The van der Waals surface area contributed by atoms with Crippen molar-refractivity contribution in [1.29, 1.82) is 0 Å². The van der Waals surface area contributed by atoms with Crippen molar-refractivity contribution < 1.29 is 19.2 Å². The number of imide groups is 2. The number of aromatic nitrogens is 1. The van der Waals surface area contributed by atoms with Crippen molar-refractivity contribution in [2.45, 2.75) is 32.0 Å². The van der Waals surface area contributed by atoms with E-state index in [2.05, 4.69) is 26.2 Å². The molecular weight excluding hydrogens is 530 g/mol. The molecule has 6 rings (SSSR count). The number of amides is 4. The van der Waals surface area contributed by atoms with Gasteiger partial charge in [-0.05, 0) is 53.4 Å². The van der Waals surface area contributed by atoms with E-state index >= 15 is 0 Å². The Kier molecular flexibility index (Phi) is 7.18. The average Bonchev–Trinajstić information content (AvgIpc) is 3.19. The molecule has 0 spiro atoms. The normalized spacial score (nSPS) is 20.1. The predicted octanol–water partition coefficient (Wildman–Crippen LogP) is 3.12. The summed E-state index contributed by atoms with van der Waals surface area (Å²) in [6, 6.07) is 14.2. The number of hydrogen-bond acceptors (Lipinski definition) is 7. The van der Waals surface area contributed by atoms with Crippen molar-refractivity contribution in [1.82, 2.24) is 25.0 Å². The van der Waals surface area contributed by atoms with Crippen LogP contribution in [0.4, 0.5) is 0 Å². The zero-order chi connectivity index (χ0) is 27.8. The van der Waals surface area contributed by atoms with E-state index in [0.29, 0.717) is 22.7 Å². The minimum atomic E-state index is -0.956. The number of nitrogens with zero attached hydrogens (tertiary/aromatic N) is 4.